The summed E-state index contributed by atoms with van der Waals surface area (Å²) in [6.45, 7) is 3.25. The Kier molecular flexibility index (Phi) is 3.17. The number of benzene rings is 1. The van der Waals surface area contributed by atoms with E-state index < -0.39 is 17.0 Å². The van der Waals surface area contributed by atoms with Crippen molar-refractivity contribution in [2.45, 2.75) is 6.36 Å². The Morgan fingerprint density at radius 1 is 1.44 bits per heavy atom. The summed E-state index contributed by atoms with van der Waals surface area (Å²) in [6, 6.07) is 2.75. The molecule has 16 heavy (non-hydrogen) atoms. The summed E-state index contributed by atoms with van der Waals surface area (Å²) in [4.78, 5) is 9.66. The lowest BCUT2D eigenvalue weighted by Crippen LogP contribution is -2.17. The Balaban J connectivity index is 3.12. The molecule has 0 saturated heterocycles. The third kappa shape index (κ3) is 2.97. The van der Waals surface area contributed by atoms with Gasteiger partial charge in [-0.05, 0) is 6.07 Å². The van der Waals surface area contributed by atoms with Crippen LogP contribution in [0.3, 0.4) is 0 Å². The van der Waals surface area contributed by atoms with Crippen molar-refractivity contribution < 1.29 is 22.8 Å². The van der Waals surface area contributed by atoms with E-state index in [1.54, 1.807) is 0 Å². The number of rotatable bonds is 3. The van der Waals surface area contributed by atoms with Crippen LogP contribution >= 0.6 is 0 Å². The van der Waals surface area contributed by atoms with Crippen molar-refractivity contribution in [3.8, 4) is 5.75 Å². The minimum atomic E-state index is -4.84. The Morgan fingerprint density at radius 2 is 2.06 bits per heavy atom. The maximum Gasteiger partial charge on any atom is 0.573 e. The summed E-state index contributed by atoms with van der Waals surface area (Å²) in [5, 5.41) is 10.4. The zero-order valence-electron chi connectivity index (χ0n) is 7.82. The highest BCUT2D eigenvalue weighted by atomic mass is 19.4. The lowest BCUT2D eigenvalue weighted by atomic mass is 10.2. The van der Waals surface area contributed by atoms with Gasteiger partial charge in [0.1, 0.15) is 5.75 Å². The Morgan fingerprint density at radius 3 is 2.50 bits per heavy atom. The number of halogens is 3. The van der Waals surface area contributed by atoms with Crippen LogP contribution in [0.1, 0.15) is 5.56 Å². The van der Waals surface area contributed by atoms with Gasteiger partial charge in [0.15, 0.2) is 0 Å². The normalized spacial score (nSPS) is 10.9. The molecule has 0 N–H and O–H groups in total. The number of nitrogens with zero attached hydrogens (tertiary/aromatic N) is 1. The molecule has 0 bridgehead atoms. The molecule has 0 heterocycles. The van der Waals surface area contributed by atoms with Crippen molar-refractivity contribution in [1.82, 2.24) is 0 Å². The highest BCUT2D eigenvalue weighted by Crippen LogP contribution is 2.29. The molecule has 0 aliphatic heterocycles. The molecular formula is C9H6F3NO3. The zero-order chi connectivity index (χ0) is 12.3. The van der Waals surface area contributed by atoms with Gasteiger partial charge in [-0.2, -0.15) is 0 Å². The largest absolute Gasteiger partial charge is 0.573 e. The van der Waals surface area contributed by atoms with Gasteiger partial charge < -0.3 is 4.74 Å². The van der Waals surface area contributed by atoms with Crippen LogP contribution in [0.4, 0.5) is 18.9 Å². The zero-order valence-corrected chi connectivity index (χ0v) is 7.82. The monoisotopic (exact) mass is 233 g/mol. The lowest BCUT2D eigenvalue weighted by molar-refractivity contribution is -0.385. The molecule has 7 heteroatoms. The number of hydrogen-bond donors (Lipinski definition) is 0. The van der Waals surface area contributed by atoms with E-state index in [1.807, 2.05) is 0 Å². The van der Waals surface area contributed by atoms with Crippen molar-refractivity contribution in [2.24, 2.45) is 0 Å². The highest BCUT2D eigenvalue weighted by molar-refractivity contribution is 5.59. The van der Waals surface area contributed by atoms with E-state index in [9.17, 15) is 23.3 Å². The van der Waals surface area contributed by atoms with Gasteiger partial charge >= 0.3 is 6.36 Å². The molecule has 0 saturated carbocycles. The first-order valence-electron chi connectivity index (χ1n) is 4.00. The Labute approximate surface area is 88.1 Å². The van der Waals surface area contributed by atoms with Gasteiger partial charge in [0.25, 0.3) is 5.69 Å². The van der Waals surface area contributed by atoms with E-state index in [0.29, 0.717) is 0 Å². The average molecular weight is 233 g/mol. The molecule has 0 spiro atoms. The molecule has 1 aromatic rings. The van der Waals surface area contributed by atoms with Gasteiger partial charge in [0.2, 0.25) is 0 Å². The van der Waals surface area contributed by atoms with Crippen LogP contribution in [-0.4, -0.2) is 11.3 Å². The smallest absolute Gasteiger partial charge is 0.405 e. The topological polar surface area (TPSA) is 52.4 Å². The fourth-order valence-electron chi connectivity index (χ4n) is 1.03. The van der Waals surface area contributed by atoms with E-state index in [2.05, 4.69) is 11.3 Å². The Hall–Kier alpha value is -2.05. The van der Waals surface area contributed by atoms with Crippen molar-refractivity contribution in [3.63, 3.8) is 0 Å². The summed E-state index contributed by atoms with van der Waals surface area (Å²) < 4.78 is 39.4. The molecule has 0 aliphatic rings. The molecular weight excluding hydrogens is 227 g/mol. The predicted octanol–water partition coefficient (Wildman–Crippen LogP) is 3.14. The first kappa shape index (κ1) is 12.0. The van der Waals surface area contributed by atoms with E-state index in [1.165, 1.54) is 0 Å². The number of hydrogen-bond acceptors (Lipinski definition) is 3. The average Bonchev–Trinajstić information content (AvgIpc) is 2.15. The van der Waals surface area contributed by atoms with E-state index >= 15 is 0 Å². The van der Waals surface area contributed by atoms with Gasteiger partial charge in [-0.25, -0.2) is 0 Å². The maximum absolute atomic E-state index is 11.9. The van der Waals surface area contributed by atoms with Crippen LogP contribution in [0.2, 0.25) is 0 Å². The van der Waals surface area contributed by atoms with Gasteiger partial charge in [-0.1, -0.05) is 12.7 Å². The van der Waals surface area contributed by atoms with Crippen LogP contribution in [0.5, 0.6) is 5.75 Å². The molecule has 86 valence electrons. The quantitative estimate of drug-likeness (QED) is 0.595. The summed E-state index contributed by atoms with van der Waals surface area (Å²) in [7, 11) is 0. The number of alkyl halides is 3. The van der Waals surface area contributed by atoms with Crippen molar-refractivity contribution >= 4 is 11.8 Å². The van der Waals surface area contributed by atoms with Gasteiger partial charge in [-0.15, -0.1) is 13.2 Å². The molecule has 0 aliphatic carbocycles. The molecule has 1 rings (SSSR count). The molecule has 0 unspecified atom stereocenters. The molecule has 0 amide bonds. The van der Waals surface area contributed by atoms with Crippen LogP contribution in [0.25, 0.3) is 6.08 Å². The maximum atomic E-state index is 11.9. The fourth-order valence-corrected chi connectivity index (χ4v) is 1.03. The number of nitro groups is 1. The number of nitro benzene ring substituents is 1. The summed E-state index contributed by atoms with van der Waals surface area (Å²) in [6.07, 6.45) is -3.79. The molecule has 0 atom stereocenters. The summed E-state index contributed by atoms with van der Waals surface area (Å²) >= 11 is 0. The number of ether oxygens (including phenoxy) is 1. The van der Waals surface area contributed by atoms with Crippen LogP contribution in [0, 0.1) is 10.1 Å². The molecule has 0 fully saturated rings. The molecule has 4 nitrogen and oxygen atoms in total. The number of non-ortho nitro benzene ring substituents is 1. The Bertz CT molecular complexity index is 428. The first-order chi connectivity index (χ1) is 7.33. The minimum absolute atomic E-state index is 0.0912. The van der Waals surface area contributed by atoms with Crippen LogP contribution in [-0.2, 0) is 0 Å². The third-order valence-corrected chi connectivity index (χ3v) is 1.65. The lowest BCUT2D eigenvalue weighted by Gasteiger charge is -2.10. The molecule has 0 radical (unpaired) electrons. The molecule has 0 aromatic heterocycles. The second-order valence-corrected chi connectivity index (χ2v) is 2.73. The van der Waals surface area contributed by atoms with Gasteiger partial charge in [-0.3, -0.25) is 10.1 Å². The summed E-state index contributed by atoms with van der Waals surface area (Å²) in [5.74, 6) is -0.520. The van der Waals surface area contributed by atoms with Gasteiger partial charge in [0.05, 0.1) is 4.92 Å². The summed E-state index contributed by atoms with van der Waals surface area (Å²) in [5.41, 5.74) is -0.420. The standard InChI is InChI=1S/C9H6F3NO3/c1-2-6-5-7(13(14)15)3-4-8(6)16-9(10,11)12/h2-5H,1H2. The molecule has 1 aromatic carbocycles. The highest BCUT2D eigenvalue weighted by Gasteiger charge is 2.32. The minimum Gasteiger partial charge on any atom is -0.405 e. The third-order valence-electron chi connectivity index (χ3n) is 1.65. The first-order valence-corrected chi connectivity index (χ1v) is 4.00. The van der Waals surface area contributed by atoms with E-state index in [4.69, 9.17) is 0 Å². The second-order valence-electron chi connectivity index (χ2n) is 2.73. The van der Waals surface area contributed by atoms with Crippen molar-refractivity contribution in [1.29, 1.82) is 0 Å². The second kappa shape index (κ2) is 4.21. The van der Waals surface area contributed by atoms with E-state index in [0.717, 1.165) is 24.3 Å². The van der Waals surface area contributed by atoms with Crippen molar-refractivity contribution in [3.05, 3.63) is 40.5 Å². The van der Waals surface area contributed by atoms with E-state index in [-0.39, 0.29) is 11.3 Å². The van der Waals surface area contributed by atoms with Crippen LogP contribution in [0.15, 0.2) is 24.8 Å². The SMILES string of the molecule is C=Cc1cc([N+](=O)[O-])ccc1OC(F)(F)F. The van der Waals surface area contributed by atoms with Crippen molar-refractivity contribution in [2.75, 3.05) is 0 Å². The van der Waals surface area contributed by atoms with Gasteiger partial charge in [0, 0.05) is 17.7 Å². The fraction of sp³-hybridized carbons (Fsp3) is 0.111. The van der Waals surface area contributed by atoms with Crippen LogP contribution < -0.4 is 4.74 Å². The predicted molar refractivity (Wildman–Crippen MR) is 49.9 cm³/mol.